The predicted octanol–water partition coefficient (Wildman–Crippen LogP) is 2.94. The number of carbonyl (C=O) groups excluding carboxylic acids is 4. The van der Waals surface area contributed by atoms with E-state index in [-0.39, 0.29) is 17.6 Å². The first kappa shape index (κ1) is 24.7. The second-order valence-corrected chi connectivity index (χ2v) is 9.26. The maximum absolute atomic E-state index is 12.8. The van der Waals surface area contributed by atoms with Crippen LogP contribution in [0.5, 0.6) is 0 Å². The fraction of sp³-hybridized carbons (Fsp3) is 0.520. The van der Waals surface area contributed by atoms with E-state index in [1.54, 1.807) is 19.1 Å². The molecule has 0 saturated carbocycles. The van der Waals surface area contributed by atoms with E-state index in [1.807, 2.05) is 6.92 Å². The van der Waals surface area contributed by atoms with E-state index in [9.17, 15) is 19.2 Å². The second-order valence-electron chi connectivity index (χ2n) is 9.26. The van der Waals surface area contributed by atoms with Gasteiger partial charge in [-0.1, -0.05) is 6.58 Å². The molecule has 10 heteroatoms. The van der Waals surface area contributed by atoms with Gasteiger partial charge in [0.2, 0.25) is 0 Å². The van der Waals surface area contributed by atoms with Crippen LogP contribution in [0.2, 0.25) is 0 Å². The van der Waals surface area contributed by atoms with Gasteiger partial charge in [0.25, 0.3) is 0 Å². The molecule has 4 heterocycles. The lowest BCUT2D eigenvalue weighted by molar-refractivity contribution is -0.155. The zero-order valence-electron chi connectivity index (χ0n) is 20.2. The molecule has 10 nitrogen and oxygen atoms in total. The van der Waals surface area contributed by atoms with Crippen molar-refractivity contribution in [3.05, 3.63) is 47.0 Å². The van der Waals surface area contributed by atoms with Gasteiger partial charge in [-0.25, -0.2) is 9.59 Å². The van der Waals surface area contributed by atoms with Crippen LogP contribution >= 0.6 is 0 Å². The highest BCUT2D eigenvalue weighted by atomic mass is 16.6. The van der Waals surface area contributed by atoms with Gasteiger partial charge in [-0.3, -0.25) is 9.59 Å². The number of fused-ring (bicyclic) bond motifs is 5. The number of methoxy groups -OCH3 is 1. The minimum absolute atomic E-state index is 0.0425. The van der Waals surface area contributed by atoms with E-state index in [1.165, 1.54) is 21.0 Å². The normalized spacial score (nSPS) is 31.4. The Bertz CT molecular complexity index is 1130. The van der Waals surface area contributed by atoms with Gasteiger partial charge < -0.3 is 28.1 Å². The molecule has 1 saturated heterocycles. The average molecular weight is 488 g/mol. The largest absolute Gasteiger partial charge is 0.466 e. The van der Waals surface area contributed by atoms with Crippen molar-refractivity contribution in [2.45, 2.75) is 70.6 Å². The number of carbonyl (C=O) groups is 4. The molecule has 0 spiro atoms. The molecule has 3 aliphatic heterocycles. The van der Waals surface area contributed by atoms with Crippen molar-refractivity contribution in [3.63, 3.8) is 0 Å². The van der Waals surface area contributed by atoms with Gasteiger partial charge in [-0.05, 0) is 31.6 Å². The van der Waals surface area contributed by atoms with Crippen LogP contribution in [0.15, 0.2) is 34.3 Å². The highest BCUT2D eigenvalue weighted by molar-refractivity contribution is 5.93. The van der Waals surface area contributed by atoms with E-state index >= 15 is 0 Å². The molecule has 35 heavy (non-hydrogen) atoms. The number of ether oxygens (including phenoxy) is 5. The third kappa shape index (κ3) is 4.75. The minimum Gasteiger partial charge on any atom is -0.466 e. The Morgan fingerprint density at radius 1 is 1.17 bits per heavy atom. The molecule has 1 aromatic rings. The first-order chi connectivity index (χ1) is 16.4. The lowest BCUT2D eigenvalue weighted by Crippen LogP contribution is -2.32. The topological polar surface area (TPSA) is 131 Å². The number of epoxide rings is 1. The van der Waals surface area contributed by atoms with Crippen LogP contribution in [0, 0.1) is 12.8 Å². The van der Waals surface area contributed by atoms with Crippen molar-refractivity contribution >= 4 is 23.9 Å². The van der Waals surface area contributed by atoms with E-state index in [0.29, 0.717) is 23.5 Å². The van der Waals surface area contributed by atoms with Crippen LogP contribution in [0.25, 0.3) is 0 Å². The fourth-order valence-electron chi connectivity index (χ4n) is 4.83. The molecule has 6 atom stereocenters. The Balaban J connectivity index is 1.88. The monoisotopic (exact) mass is 488 g/mol. The Morgan fingerprint density at radius 3 is 2.49 bits per heavy atom. The van der Waals surface area contributed by atoms with Crippen molar-refractivity contribution < 1.29 is 47.3 Å². The molecule has 0 unspecified atom stereocenters. The van der Waals surface area contributed by atoms with Crippen LogP contribution in [0.1, 0.15) is 62.9 Å². The van der Waals surface area contributed by atoms with Crippen molar-refractivity contribution in [1.82, 2.24) is 0 Å². The SMILES string of the molecule is C=C(C(=O)OC)[C@@H]1C[C@H](OC(C)=O)C2=C[C@H](C[C@@]3(C)O[C@H]3c3cc(C)c(o3)[C@H]1OC(C)=O)OC2=O. The van der Waals surface area contributed by atoms with Crippen LogP contribution in [-0.4, -0.2) is 48.8 Å². The molecule has 3 aliphatic rings. The van der Waals surface area contributed by atoms with Gasteiger partial charge in [0.1, 0.15) is 35.4 Å². The Hall–Kier alpha value is -3.40. The first-order valence-corrected chi connectivity index (χ1v) is 11.3. The van der Waals surface area contributed by atoms with Crippen molar-refractivity contribution in [2.75, 3.05) is 7.11 Å². The summed E-state index contributed by atoms with van der Waals surface area (Å²) in [5.74, 6) is -2.81. The first-order valence-electron chi connectivity index (χ1n) is 11.3. The van der Waals surface area contributed by atoms with Gasteiger partial charge >= 0.3 is 23.9 Å². The Morgan fingerprint density at radius 2 is 1.86 bits per heavy atom. The van der Waals surface area contributed by atoms with E-state index < -0.39 is 59.8 Å². The van der Waals surface area contributed by atoms with Crippen molar-refractivity contribution in [2.24, 2.45) is 5.92 Å². The van der Waals surface area contributed by atoms with Crippen LogP contribution in [0.4, 0.5) is 0 Å². The molecule has 0 aliphatic carbocycles. The predicted molar refractivity (Wildman–Crippen MR) is 118 cm³/mol. The van der Waals surface area contributed by atoms with Gasteiger partial charge in [0.15, 0.2) is 6.10 Å². The summed E-state index contributed by atoms with van der Waals surface area (Å²) in [7, 11) is 1.19. The summed E-state index contributed by atoms with van der Waals surface area (Å²) in [6, 6.07) is 1.79. The number of hydrogen-bond acceptors (Lipinski definition) is 10. The summed E-state index contributed by atoms with van der Waals surface area (Å²) in [6.45, 7) is 9.96. The third-order valence-corrected chi connectivity index (χ3v) is 6.52. The maximum atomic E-state index is 12.8. The minimum atomic E-state index is -1.12. The molecule has 4 bridgehead atoms. The molecule has 188 valence electrons. The molecule has 0 aromatic carbocycles. The molecule has 4 rings (SSSR count). The van der Waals surface area contributed by atoms with Crippen molar-refractivity contribution in [1.29, 1.82) is 0 Å². The zero-order chi connectivity index (χ0) is 25.7. The van der Waals surface area contributed by atoms with Gasteiger partial charge in [0.05, 0.1) is 12.7 Å². The number of esters is 4. The average Bonchev–Trinajstić information content (AvgIpc) is 3.08. The summed E-state index contributed by atoms with van der Waals surface area (Å²) in [6.07, 6.45) is -1.38. The molecule has 0 amide bonds. The van der Waals surface area contributed by atoms with Crippen LogP contribution in [-0.2, 0) is 42.9 Å². The number of hydrogen-bond donors (Lipinski definition) is 0. The smallest absolute Gasteiger partial charge is 0.338 e. The summed E-state index contributed by atoms with van der Waals surface area (Å²) >= 11 is 0. The quantitative estimate of drug-likeness (QED) is 0.270. The summed E-state index contributed by atoms with van der Waals surface area (Å²) in [4.78, 5) is 49.4. The summed E-state index contributed by atoms with van der Waals surface area (Å²) < 4.78 is 33.6. The second kappa shape index (κ2) is 8.99. The molecule has 1 fully saturated rings. The number of aryl methyl sites for hydroxylation is 1. The number of rotatable bonds is 4. The van der Waals surface area contributed by atoms with Crippen molar-refractivity contribution in [3.8, 4) is 0 Å². The Kier molecular flexibility index (Phi) is 6.35. The van der Waals surface area contributed by atoms with E-state index in [4.69, 9.17) is 28.1 Å². The summed E-state index contributed by atoms with van der Waals surface area (Å²) in [5, 5.41) is 0. The van der Waals surface area contributed by atoms with Gasteiger partial charge in [-0.2, -0.15) is 0 Å². The zero-order valence-corrected chi connectivity index (χ0v) is 20.2. The highest BCUT2D eigenvalue weighted by Crippen LogP contribution is 2.55. The van der Waals surface area contributed by atoms with Crippen LogP contribution < -0.4 is 0 Å². The van der Waals surface area contributed by atoms with Gasteiger partial charge in [0, 0.05) is 38.2 Å². The third-order valence-electron chi connectivity index (χ3n) is 6.52. The van der Waals surface area contributed by atoms with E-state index in [2.05, 4.69) is 6.58 Å². The number of furan rings is 1. The standard InChI is InChI=1S/C25H28O10/c1-11-7-19-22-25(5,35-22)10-15-8-17(24(29)33-15)18(31-13(3)26)9-16(12(2)23(28)30-6)21(20(11)34-19)32-14(4)27/h7-8,15-16,18,21-22H,2,9-10H2,1,3-6H3/t15-,16+,18+,21+,22+,25-/m1/s1. The maximum Gasteiger partial charge on any atom is 0.338 e. The molecular weight excluding hydrogens is 460 g/mol. The van der Waals surface area contributed by atoms with Gasteiger partial charge in [-0.15, -0.1) is 0 Å². The Labute approximate surface area is 202 Å². The lowest BCUT2D eigenvalue weighted by atomic mass is 9.84. The van der Waals surface area contributed by atoms with E-state index in [0.717, 1.165) is 0 Å². The molecular formula is C25H28O10. The molecule has 0 N–H and O–H groups in total. The van der Waals surface area contributed by atoms with Crippen LogP contribution in [0.3, 0.4) is 0 Å². The summed E-state index contributed by atoms with van der Waals surface area (Å²) in [5.41, 5.74) is 0.0991. The molecule has 0 radical (unpaired) electrons. The lowest BCUT2D eigenvalue weighted by Gasteiger charge is -2.29. The highest BCUT2D eigenvalue weighted by Gasteiger charge is 2.57. The molecule has 1 aromatic heterocycles. The fourth-order valence-corrected chi connectivity index (χ4v) is 4.83.